The molecule has 1 aromatic rings. The van der Waals surface area contributed by atoms with Crippen LogP contribution in [0.2, 0.25) is 0 Å². The van der Waals surface area contributed by atoms with Crippen LogP contribution < -0.4 is 5.73 Å². The van der Waals surface area contributed by atoms with E-state index in [4.69, 9.17) is 11.0 Å². The van der Waals surface area contributed by atoms with Crippen LogP contribution in [0.25, 0.3) is 0 Å². The second-order valence-electron chi connectivity index (χ2n) is 5.09. The van der Waals surface area contributed by atoms with E-state index in [2.05, 4.69) is 17.0 Å². The molecule has 18 heavy (non-hydrogen) atoms. The summed E-state index contributed by atoms with van der Waals surface area (Å²) in [6.07, 6.45) is 3.67. The van der Waals surface area contributed by atoms with Gasteiger partial charge < -0.3 is 5.73 Å². The van der Waals surface area contributed by atoms with Crippen LogP contribution in [0.3, 0.4) is 0 Å². The summed E-state index contributed by atoms with van der Waals surface area (Å²) in [5, 5.41) is 9.10. The Morgan fingerprint density at radius 1 is 1.39 bits per heavy atom. The minimum atomic E-state index is 0.734. The summed E-state index contributed by atoms with van der Waals surface area (Å²) in [5.41, 5.74) is 7.59. The molecule has 0 aliphatic carbocycles. The molecule has 2 rings (SSSR count). The fourth-order valence-corrected chi connectivity index (χ4v) is 2.77. The molecule has 1 aromatic carbocycles. The van der Waals surface area contributed by atoms with Crippen LogP contribution in [0.5, 0.6) is 0 Å². The fraction of sp³-hybridized carbons (Fsp3) is 0.533. The molecule has 0 radical (unpaired) electrons. The minimum absolute atomic E-state index is 0.734. The monoisotopic (exact) mass is 243 g/mol. The Morgan fingerprint density at radius 3 is 3.00 bits per heavy atom. The van der Waals surface area contributed by atoms with Crippen LogP contribution in [0.1, 0.15) is 30.4 Å². The SMILES string of the molecule is N#Cc1ccccc1CN1CCCC(CCN)C1. The molecule has 1 aliphatic heterocycles. The quantitative estimate of drug-likeness (QED) is 0.881. The maximum Gasteiger partial charge on any atom is 0.0995 e. The van der Waals surface area contributed by atoms with Gasteiger partial charge in [-0.15, -0.1) is 0 Å². The number of benzene rings is 1. The van der Waals surface area contributed by atoms with Gasteiger partial charge in [0.25, 0.3) is 0 Å². The molecular formula is C15H21N3. The standard InChI is InChI=1S/C15H21N3/c16-8-7-13-4-3-9-18(11-13)12-15-6-2-1-5-14(15)10-17/h1-2,5-6,13H,3-4,7-9,11-12,16H2. The molecule has 3 nitrogen and oxygen atoms in total. The summed E-state index contributed by atoms with van der Waals surface area (Å²) in [5.74, 6) is 0.734. The lowest BCUT2D eigenvalue weighted by Crippen LogP contribution is -2.35. The maximum atomic E-state index is 9.10. The maximum absolute atomic E-state index is 9.10. The van der Waals surface area contributed by atoms with Crippen molar-refractivity contribution < 1.29 is 0 Å². The first-order valence-corrected chi connectivity index (χ1v) is 6.74. The topological polar surface area (TPSA) is 53.0 Å². The molecule has 1 heterocycles. The van der Waals surface area contributed by atoms with E-state index < -0.39 is 0 Å². The van der Waals surface area contributed by atoms with Crippen LogP contribution in [0, 0.1) is 17.2 Å². The molecule has 1 atom stereocenters. The molecule has 1 unspecified atom stereocenters. The highest BCUT2D eigenvalue weighted by atomic mass is 15.1. The second kappa shape index (κ2) is 6.53. The third-order valence-electron chi connectivity index (χ3n) is 3.71. The Hall–Kier alpha value is -1.37. The van der Waals surface area contributed by atoms with Crippen LogP contribution in [-0.4, -0.2) is 24.5 Å². The highest BCUT2D eigenvalue weighted by Gasteiger charge is 2.19. The van der Waals surface area contributed by atoms with Crippen molar-refractivity contribution in [1.82, 2.24) is 4.90 Å². The Bertz CT molecular complexity index is 420. The molecule has 0 saturated carbocycles. The molecule has 0 amide bonds. The Kier molecular flexibility index (Phi) is 4.74. The van der Waals surface area contributed by atoms with Gasteiger partial charge >= 0.3 is 0 Å². The fourth-order valence-electron chi connectivity index (χ4n) is 2.77. The van der Waals surface area contributed by atoms with E-state index in [1.54, 1.807) is 0 Å². The first-order chi connectivity index (χ1) is 8.83. The summed E-state index contributed by atoms with van der Waals surface area (Å²) >= 11 is 0. The van der Waals surface area contributed by atoms with Gasteiger partial charge in [0.1, 0.15) is 0 Å². The predicted octanol–water partition coefficient (Wildman–Crippen LogP) is 2.12. The van der Waals surface area contributed by atoms with Crippen molar-refractivity contribution in [2.24, 2.45) is 11.7 Å². The number of nitrogens with zero attached hydrogens (tertiary/aromatic N) is 2. The van der Waals surface area contributed by atoms with Gasteiger partial charge in [-0.1, -0.05) is 18.2 Å². The van der Waals surface area contributed by atoms with Gasteiger partial charge in [0.2, 0.25) is 0 Å². The summed E-state index contributed by atoms with van der Waals surface area (Å²) in [4.78, 5) is 2.46. The number of piperidine rings is 1. The first-order valence-electron chi connectivity index (χ1n) is 6.74. The molecule has 1 aliphatic rings. The zero-order valence-electron chi connectivity index (χ0n) is 10.8. The lowest BCUT2D eigenvalue weighted by atomic mass is 9.94. The lowest BCUT2D eigenvalue weighted by molar-refractivity contribution is 0.163. The van der Waals surface area contributed by atoms with Crippen molar-refractivity contribution in [3.63, 3.8) is 0 Å². The molecule has 3 heteroatoms. The van der Waals surface area contributed by atoms with Gasteiger partial charge in [-0.05, 0) is 49.9 Å². The van der Waals surface area contributed by atoms with E-state index in [9.17, 15) is 0 Å². The Balaban J connectivity index is 1.98. The largest absolute Gasteiger partial charge is 0.330 e. The van der Waals surface area contributed by atoms with E-state index in [0.717, 1.165) is 49.6 Å². The number of nitriles is 1. The van der Waals surface area contributed by atoms with Gasteiger partial charge in [-0.25, -0.2) is 0 Å². The van der Waals surface area contributed by atoms with Gasteiger partial charge in [0.05, 0.1) is 11.6 Å². The van der Waals surface area contributed by atoms with Gasteiger partial charge in [0, 0.05) is 13.1 Å². The van der Waals surface area contributed by atoms with Crippen LogP contribution in [-0.2, 0) is 6.54 Å². The minimum Gasteiger partial charge on any atom is -0.330 e. The van der Waals surface area contributed by atoms with Crippen molar-refractivity contribution in [3.8, 4) is 6.07 Å². The predicted molar refractivity (Wildman–Crippen MR) is 72.8 cm³/mol. The molecule has 1 fully saturated rings. The molecular weight excluding hydrogens is 222 g/mol. The van der Waals surface area contributed by atoms with Crippen molar-refractivity contribution in [2.45, 2.75) is 25.8 Å². The summed E-state index contributed by atoms with van der Waals surface area (Å²) in [6.45, 7) is 3.94. The van der Waals surface area contributed by atoms with Gasteiger partial charge in [-0.3, -0.25) is 4.90 Å². The first kappa shape index (κ1) is 13.1. The smallest absolute Gasteiger partial charge is 0.0995 e. The average Bonchev–Trinajstić information content (AvgIpc) is 2.40. The number of nitrogens with two attached hydrogens (primary N) is 1. The van der Waals surface area contributed by atoms with E-state index in [1.807, 2.05) is 18.2 Å². The summed E-state index contributed by atoms with van der Waals surface area (Å²) in [6, 6.07) is 10.2. The van der Waals surface area contributed by atoms with Gasteiger partial charge in [0.15, 0.2) is 0 Å². The van der Waals surface area contributed by atoms with Crippen LogP contribution in [0.15, 0.2) is 24.3 Å². The lowest BCUT2D eigenvalue weighted by Gasteiger charge is -2.32. The van der Waals surface area contributed by atoms with Crippen LogP contribution in [0.4, 0.5) is 0 Å². The summed E-state index contributed by atoms with van der Waals surface area (Å²) in [7, 11) is 0. The molecule has 0 aromatic heterocycles. The third kappa shape index (κ3) is 3.32. The van der Waals surface area contributed by atoms with Crippen molar-refractivity contribution in [2.75, 3.05) is 19.6 Å². The molecule has 96 valence electrons. The van der Waals surface area contributed by atoms with Crippen molar-refractivity contribution in [1.29, 1.82) is 5.26 Å². The van der Waals surface area contributed by atoms with E-state index >= 15 is 0 Å². The summed E-state index contributed by atoms with van der Waals surface area (Å²) < 4.78 is 0. The third-order valence-corrected chi connectivity index (χ3v) is 3.71. The van der Waals surface area contributed by atoms with Gasteiger partial charge in [-0.2, -0.15) is 5.26 Å². The van der Waals surface area contributed by atoms with E-state index in [0.29, 0.717) is 0 Å². The number of hydrogen-bond acceptors (Lipinski definition) is 3. The average molecular weight is 243 g/mol. The highest BCUT2D eigenvalue weighted by Crippen LogP contribution is 2.21. The molecule has 2 N–H and O–H groups in total. The Labute approximate surface area is 109 Å². The molecule has 0 bridgehead atoms. The zero-order chi connectivity index (χ0) is 12.8. The Morgan fingerprint density at radius 2 is 2.22 bits per heavy atom. The number of rotatable bonds is 4. The normalized spacial score (nSPS) is 20.6. The van der Waals surface area contributed by atoms with E-state index in [1.165, 1.54) is 12.8 Å². The molecule has 0 spiro atoms. The van der Waals surface area contributed by atoms with Crippen LogP contribution >= 0.6 is 0 Å². The van der Waals surface area contributed by atoms with E-state index in [-0.39, 0.29) is 0 Å². The zero-order valence-corrected chi connectivity index (χ0v) is 10.8. The highest BCUT2D eigenvalue weighted by molar-refractivity contribution is 5.37. The van der Waals surface area contributed by atoms with Crippen molar-refractivity contribution in [3.05, 3.63) is 35.4 Å². The second-order valence-corrected chi connectivity index (χ2v) is 5.09. The number of likely N-dealkylation sites (tertiary alicyclic amines) is 1. The molecule has 1 saturated heterocycles. The number of hydrogen-bond donors (Lipinski definition) is 1. The van der Waals surface area contributed by atoms with Crippen molar-refractivity contribution >= 4 is 0 Å².